The lowest BCUT2D eigenvalue weighted by atomic mass is 9.99. The Morgan fingerprint density at radius 3 is 2.26 bits per heavy atom. The van der Waals surface area contributed by atoms with Gasteiger partial charge >= 0.3 is 0 Å². The number of aliphatic hydroxyl groups is 3. The van der Waals surface area contributed by atoms with Crippen LogP contribution in [0.25, 0.3) is 0 Å². The molecular formula is C14H20O8S. The molecule has 8 nitrogen and oxygen atoms in total. The lowest BCUT2D eigenvalue weighted by molar-refractivity contribution is -0.293. The maximum absolute atomic E-state index is 12.1. The van der Waals surface area contributed by atoms with Crippen LogP contribution in [0.3, 0.4) is 0 Å². The fourth-order valence-corrected chi connectivity index (χ4v) is 3.10. The average molecular weight is 348 g/mol. The second kappa shape index (κ2) is 7.22. The summed E-state index contributed by atoms with van der Waals surface area (Å²) >= 11 is 0. The molecule has 1 aliphatic rings. The van der Waals surface area contributed by atoms with Crippen molar-refractivity contribution in [3.05, 3.63) is 29.8 Å². The SMILES string of the molecule is CO[C@@H]1O[C@H](COS(=O)(=O)c2ccc(C)cc2)[C@H](O)[C@H](O)[C@H]1O. The molecule has 0 spiro atoms. The van der Waals surface area contributed by atoms with Gasteiger partial charge in [0.25, 0.3) is 10.1 Å². The van der Waals surface area contributed by atoms with Gasteiger partial charge in [-0.15, -0.1) is 0 Å². The highest BCUT2D eigenvalue weighted by molar-refractivity contribution is 7.86. The second-order valence-electron chi connectivity index (χ2n) is 5.30. The van der Waals surface area contributed by atoms with Gasteiger partial charge in [-0.25, -0.2) is 0 Å². The fraction of sp³-hybridized carbons (Fsp3) is 0.571. The van der Waals surface area contributed by atoms with Gasteiger partial charge in [-0.1, -0.05) is 17.7 Å². The molecule has 5 atom stereocenters. The first-order chi connectivity index (χ1) is 10.8. The summed E-state index contributed by atoms with van der Waals surface area (Å²) in [6, 6.07) is 6.06. The first kappa shape index (κ1) is 18.3. The van der Waals surface area contributed by atoms with Crippen LogP contribution in [0.15, 0.2) is 29.2 Å². The largest absolute Gasteiger partial charge is 0.387 e. The Bertz CT molecular complexity index is 612. The van der Waals surface area contributed by atoms with E-state index in [0.717, 1.165) is 5.56 Å². The molecule has 0 aromatic heterocycles. The quantitative estimate of drug-likeness (QED) is 0.589. The van der Waals surface area contributed by atoms with E-state index in [1.165, 1.54) is 19.2 Å². The first-order valence-electron chi connectivity index (χ1n) is 6.95. The van der Waals surface area contributed by atoms with Crippen LogP contribution in [0.2, 0.25) is 0 Å². The van der Waals surface area contributed by atoms with E-state index in [2.05, 4.69) is 0 Å². The number of ether oxygens (including phenoxy) is 2. The van der Waals surface area contributed by atoms with Crippen LogP contribution in [-0.4, -0.2) is 68.2 Å². The summed E-state index contributed by atoms with van der Waals surface area (Å²) in [6.45, 7) is 1.29. The van der Waals surface area contributed by atoms with E-state index in [1.807, 2.05) is 6.92 Å². The molecule has 0 saturated carbocycles. The predicted molar refractivity (Wildman–Crippen MR) is 78.0 cm³/mol. The minimum atomic E-state index is -4.03. The second-order valence-corrected chi connectivity index (χ2v) is 6.92. The van der Waals surface area contributed by atoms with Gasteiger partial charge in [0.1, 0.15) is 24.4 Å². The van der Waals surface area contributed by atoms with E-state index in [0.29, 0.717) is 0 Å². The van der Waals surface area contributed by atoms with Crippen molar-refractivity contribution >= 4 is 10.1 Å². The third-order valence-electron chi connectivity index (χ3n) is 3.60. The maximum atomic E-state index is 12.1. The topological polar surface area (TPSA) is 123 Å². The van der Waals surface area contributed by atoms with Gasteiger partial charge < -0.3 is 24.8 Å². The highest BCUT2D eigenvalue weighted by Crippen LogP contribution is 2.23. The van der Waals surface area contributed by atoms with Gasteiger partial charge in [-0.05, 0) is 19.1 Å². The van der Waals surface area contributed by atoms with Gasteiger partial charge in [0, 0.05) is 7.11 Å². The Labute approximate surface area is 134 Å². The lowest BCUT2D eigenvalue weighted by Crippen LogP contribution is -2.59. The number of hydrogen-bond acceptors (Lipinski definition) is 8. The molecule has 1 aliphatic heterocycles. The lowest BCUT2D eigenvalue weighted by Gasteiger charge is -2.39. The first-order valence-corrected chi connectivity index (χ1v) is 8.35. The van der Waals surface area contributed by atoms with E-state index in [-0.39, 0.29) is 4.90 Å². The Morgan fingerprint density at radius 2 is 1.70 bits per heavy atom. The third-order valence-corrected chi connectivity index (χ3v) is 4.89. The van der Waals surface area contributed by atoms with Gasteiger partial charge in [0.2, 0.25) is 0 Å². The maximum Gasteiger partial charge on any atom is 0.297 e. The van der Waals surface area contributed by atoms with Crippen molar-refractivity contribution in [1.29, 1.82) is 0 Å². The van der Waals surface area contributed by atoms with Crippen molar-refractivity contribution in [2.45, 2.75) is 42.5 Å². The standard InChI is InChI=1S/C14H20O8S/c1-8-3-5-9(6-4-8)23(18,19)21-7-10-11(15)12(16)13(17)14(20-2)22-10/h3-6,10-17H,7H2,1-2H3/t10-,11+,12+,13-,14-/m1/s1. The van der Waals surface area contributed by atoms with Crippen LogP contribution in [0, 0.1) is 6.92 Å². The Morgan fingerprint density at radius 1 is 1.09 bits per heavy atom. The monoisotopic (exact) mass is 348 g/mol. The van der Waals surface area contributed by atoms with Crippen molar-refractivity contribution in [1.82, 2.24) is 0 Å². The van der Waals surface area contributed by atoms with Crippen LogP contribution in [-0.2, 0) is 23.8 Å². The molecule has 0 aliphatic carbocycles. The summed E-state index contributed by atoms with van der Waals surface area (Å²) in [5.41, 5.74) is 0.898. The van der Waals surface area contributed by atoms with Gasteiger partial charge in [0.05, 0.1) is 11.5 Å². The molecule has 23 heavy (non-hydrogen) atoms. The average Bonchev–Trinajstić information content (AvgIpc) is 2.52. The Kier molecular flexibility index (Phi) is 5.74. The minimum Gasteiger partial charge on any atom is -0.387 e. The molecule has 1 heterocycles. The van der Waals surface area contributed by atoms with Crippen LogP contribution in [0.5, 0.6) is 0 Å². The van der Waals surface area contributed by atoms with Crippen LogP contribution in [0.4, 0.5) is 0 Å². The number of methoxy groups -OCH3 is 1. The van der Waals surface area contributed by atoms with Gasteiger partial charge in [-0.3, -0.25) is 4.18 Å². The number of aryl methyl sites for hydroxylation is 1. The van der Waals surface area contributed by atoms with E-state index < -0.39 is 47.4 Å². The zero-order valence-corrected chi connectivity index (χ0v) is 13.5. The van der Waals surface area contributed by atoms with Gasteiger partial charge in [-0.2, -0.15) is 8.42 Å². The molecule has 0 amide bonds. The van der Waals surface area contributed by atoms with Gasteiger partial charge in [0.15, 0.2) is 6.29 Å². The highest BCUT2D eigenvalue weighted by Gasteiger charge is 2.44. The molecule has 2 rings (SSSR count). The summed E-state index contributed by atoms with van der Waals surface area (Å²) in [6.07, 6.45) is -6.85. The summed E-state index contributed by atoms with van der Waals surface area (Å²) in [5.74, 6) is 0. The van der Waals surface area contributed by atoms with Crippen LogP contribution in [0.1, 0.15) is 5.56 Å². The minimum absolute atomic E-state index is 0.0303. The number of hydrogen-bond donors (Lipinski definition) is 3. The van der Waals surface area contributed by atoms with Crippen LogP contribution >= 0.6 is 0 Å². The smallest absolute Gasteiger partial charge is 0.297 e. The Hall–Kier alpha value is -1.07. The molecule has 1 aromatic rings. The summed E-state index contributed by atoms with van der Waals surface area (Å²) in [5, 5.41) is 29.2. The van der Waals surface area contributed by atoms with E-state index in [4.69, 9.17) is 13.7 Å². The molecular weight excluding hydrogens is 328 g/mol. The van der Waals surface area contributed by atoms with E-state index >= 15 is 0 Å². The fourth-order valence-electron chi connectivity index (χ4n) is 2.18. The van der Waals surface area contributed by atoms with Crippen molar-refractivity contribution in [3.8, 4) is 0 Å². The molecule has 1 saturated heterocycles. The van der Waals surface area contributed by atoms with Crippen molar-refractivity contribution in [3.63, 3.8) is 0 Å². The molecule has 9 heteroatoms. The summed E-state index contributed by atoms with van der Waals surface area (Å²) < 4.78 is 39.1. The number of benzene rings is 1. The third kappa shape index (κ3) is 4.07. The van der Waals surface area contributed by atoms with Crippen molar-refractivity contribution in [2.75, 3.05) is 13.7 Å². The van der Waals surface area contributed by atoms with E-state index in [9.17, 15) is 23.7 Å². The molecule has 0 unspecified atom stereocenters. The van der Waals surface area contributed by atoms with E-state index in [1.54, 1.807) is 12.1 Å². The number of rotatable bonds is 5. The normalized spacial score (nSPS) is 32.0. The zero-order valence-electron chi connectivity index (χ0n) is 12.7. The van der Waals surface area contributed by atoms with Crippen LogP contribution < -0.4 is 0 Å². The zero-order chi connectivity index (χ0) is 17.2. The molecule has 130 valence electrons. The van der Waals surface area contributed by atoms with Crippen molar-refractivity contribution < 1.29 is 37.4 Å². The molecule has 0 bridgehead atoms. The highest BCUT2D eigenvalue weighted by atomic mass is 32.2. The van der Waals surface area contributed by atoms with Crippen molar-refractivity contribution in [2.24, 2.45) is 0 Å². The molecule has 1 fully saturated rings. The summed E-state index contributed by atoms with van der Waals surface area (Å²) in [4.78, 5) is -0.0303. The Balaban J connectivity index is 2.05. The molecule has 0 radical (unpaired) electrons. The predicted octanol–water partition coefficient (Wildman–Crippen LogP) is -0.846. The molecule has 1 aromatic carbocycles. The molecule has 3 N–H and O–H groups in total. The summed E-state index contributed by atoms with van der Waals surface area (Å²) in [7, 11) is -2.78. The number of aliphatic hydroxyl groups excluding tert-OH is 3.